The lowest BCUT2D eigenvalue weighted by atomic mass is 9.55. The van der Waals surface area contributed by atoms with E-state index in [9.17, 15) is 4.79 Å². The summed E-state index contributed by atoms with van der Waals surface area (Å²) in [5.74, 6) is 0.874. The van der Waals surface area contributed by atoms with Gasteiger partial charge in [0.1, 0.15) is 5.78 Å². The van der Waals surface area contributed by atoms with Crippen LogP contribution < -0.4 is 0 Å². The number of fused-ring (bicyclic) bond motifs is 1. The minimum Gasteiger partial charge on any atom is -0.347 e. The fourth-order valence-corrected chi connectivity index (χ4v) is 4.27. The van der Waals surface area contributed by atoms with Crippen molar-refractivity contribution in [3.8, 4) is 0 Å². The number of Topliss-reactive ketones (excluding diaryl/α,β-unsaturated/α-hetero) is 1. The van der Waals surface area contributed by atoms with Gasteiger partial charge in [-0.25, -0.2) is 0 Å². The molecule has 96 valence electrons. The van der Waals surface area contributed by atoms with Crippen LogP contribution in [-0.4, -0.2) is 24.8 Å². The van der Waals surface area contributed by atoms with Gasteiger partial charge in [0.15, 0.2) is 5.79 Å². The maximum Gasteiger partial charge on any atom is 0.171 e. The second kappa shape index (κ2) is 3.79. The van der Waals surface area contributed by atoms with E-state index in [1.165, 1.54) is 0 Å². The lowest BCUT2D eigenvalue weighted by molar-refractivity contribution is -0.242. The van der Waals surface area contributed by atoms with E-state index in [1.807, 2.05) is 0 Å². The van der Waals surface area contributed by atoms with Crippen LogP contribution in [0.25, 0.3) is 0 Å². The Balaban J connectivity index is 1.90. The molecule has 3 atom stereocenters. The largest absolute Gasteiger partial charge is 0.347 e. The third kappa shape index (κ3) is 1.52. The predicted octanol–water partition coefficient (Wildman–Crippen LogP) is 2.53. The summed E-state index contributed by atoms with van der Waals surface area (Å²) >= 11 is 0. The Hall–Kier alpha value is -0.410. The monoisotopic (exact) mass is 238 g/mol. The fourth-order valence-electron chi connectivity index (χ4n) is 4.27. The van der Waals surface area contributed by atoms with E-state index in [-0.39, 0.29) is 11.2 Å². The average Bonchev–Trinajstić information content (AvgIpc) is 2.78. The molecule has 0 bridgehead atoms. The fraction of sp³-hybridized carbons (Fsp3) is 0.929. The molecule has 1 spiro atoms. The number of hydrogen-bond donors (Lipinski definition) is 0. The lowest BCUT2D eigenvalue weighted by Gasteiger charge is -2.53. The molecule has 3 rings (SSSR count). The summed E-state index contributed by atoms with van der Waals surface area (Å²) in [7, 11) is 0. The molecule has 0 N–H and O–H groups in total. The third-order valence-corrected chi connectivity index (χ3v) is 5.44. The van der Waals surface area contributed by atoms with Gasteiger partial charge < -0.3 is 9.47 Å². The Labute approximate surface area is 103 Å². The van der Waals surface area contributed by atoms with Crippen LogP contribution in [0, 0.1) is 17.3 Å². The van der Waals surface area contributed by atoms with E-state index in [0.29, 0.717) is 30.8 Å². The van der Waals surface area contributed by atoms with Crippen molar-refractivity contribution in [3.05, 3.63) is 0 Å². The van der Waals surface area contributed by atoms with Crippen LogP contribution in [0.5, 0.6) is 0 Å². The molecule has 3 nitrogen and oxygen atoms in total. The van der Waals surface area contributed by atoms with Gasteiger partial charge in [-0.05, 0) is 25.2 Å². The highest BCUT2D eigenvalue weighted by Gasteiger charge is 2.58. The molecular formula is C14H22O3. The van der Waals surface area contributed by atoms with Gasteiger partial charge in [0, 0.05) is 24.2 Å². The van der Waals surface area contributed by atoms with Gasteiger partial charge >= 0.3 is 0 Å². The zero-order valence-corrected chi connectivity index (χ0v) is 10.8. The minimum absolute atomic E-state index is 0.113. The summed E-state index contributed by atoms with van der Waals surface area (Å²) in [5, 5.41) is 0. The highest BCUT2D eigenvalue weighted by atomic mass is 16.7. The summed E-state index contributed by atoms with van der Waals surface area (Å²) in [6.07, 6.45) is 4.78. The number of carbonyl (C=O) groups excluding carboxylic acids is 1. The lowest BCUT2D eigenvalue weighted by Crippen LogP contribution is -2.55. The number of ketones is 1. The van der Waals surface area contributed by atoms with Crippen LogP contribution in [0.2, 0.25) is 0 Å². The van der Waals surface area contributed by atoms with Crippen LogP contribution >= 0.6 is 0 Å². The zero-order chi connectivity index (χ0) is 12.1. The summed E-state index contributed by atoms with van der Waals surface area (Å²) in [6.45, 7) is 5.80. The quantitative estimate of drug-likeness (QED) is 0.650. The first-order chi connectivity index (χ1) is 8.08. The van der Waals surface area contributed by atoms with Crippen molar-refractivity contribution in [2.24, 2.45) is 17.3 Å². The molecule has 1 heterocycles. The number of rotatable bonds is 0. The van der Waals surface area contributed by atoms with E-state index in [2.05, 4.69) is 13.8 Å². The average molecular weight is 238 g/mol. The summed E-state index contributed by atoms with van der Waals surface area (Å²) in [5.41, 5.74) is -0.113. The van der Waals surface area contributed by atoms with E-state index in [0.717, 1.165) is 32.1 Å². The van der Waals surface area contributed by atoms with E-state index in [1.54, 1.807) is 0 Å². The molecule has 0 unspecified atom stereocenters. The van der Waals surface area contributed by atoms with Crippen molar-refractivity contribution >= 4 is 5.78 Å². The maximum atomic E-state index is 12.2. The van der Waals surface area contributed by atoms with Crippen molar-refractivity contribution in [3.63, 3.8) is 0 Å². The second-order valence-electron chi connectivity index (χ2n) is 6.14. The maximum absolute atomic E-state index is 12.2. The molecule has 1 saturated heterocycles. The standard InChI is InChI=1S/C14H22O3/c1-10-11-4-3-5-12(15)13(11,2)6-7-14(10)16-8-9-17-14/h10-11H,3-9H2,1-2H3/t10-,11-,13+/m0/s1. The van der Waals surface area contributed by atoms with E-state index in [4.69, 9.17) is 9.47 Å². The smallest absolute Gasteiger partial charge is 0.171 e. The van der Waals surface area contributed by atoms with Gasteiger partial charge in [-0.2, -0.15) is 0 Å². The molecule has 0 radical (unpaired) electrons. The Morgan fingerprint density at radius 3 is 2.65 bits per heavy atom. The van der Waals surface area contributed by atoms with Crippen LogP contribution in [-0.2, 0) is 14.3 Å². The molecule has 3 fully saturated rings. The first-order valence-electron chi connectivity index (χ1n) is 6.90. The first-order valence-corrected chi connectivity index (χ1v) is 6.90. The van der Waals surface area contributed by atoms with Crippen molar-refractivity contribution in [2.45, 2.75) is 51.7 Å². The molecule has 1 aliphatic heterocycles. The number of hydrogen-bond acceptors (Lipinski definition) is 3. The molecule has 2 aliphatic carbocycles. The molecule has 0 amide bonds. The highest BCUT2D eigenvalue weighted by Crippen LogP contribution is 2.55. The molecule has 17 heavy (non-hydrogen) atoms. The molecule has 3 heteroatoms. The zero-order valence-electron chi connectivity index (χ0n) is 10.8. The summed E-state index contributed by atoms with van der Waals surface area (Å²) < 4.78 is 11.8. The summed E-state index contributed by atoms with van der Waals surface area (Å²) in [4.78, 5) is 12.2. The van der Waals surface area contributed by atoms with Crippen LogP contribution in [0.15, 0.2) is 0 Å². The van der Waals surface area contributed by atoms with Crippen LogP contribution in [0.1, 0.15) is 46.0 Å². The number of ether oxygens (including phenoxy) is 2. The SMILES string of the molecule is C[C@H]1[C@@H]2CCCC(=O)[C@]2(C)CCC12OCCO2. The van der Waals surface area contributed by atoms with Crippen molar-refractivity contribution < 1.29 is 14.3 Å². The molecule has 0 aromatic rings. The predicted molar refractivity (Wildman–Crippen MR) is 63.5 cm³/mol. The molecule has 0 aromatic heterocycles. The Kier molecular flexibility index (Phi) is 2.60. The Bertz CT molecular complexity index is 332. The van der Waals surface area contributed by atoms with Gasteiger partial charge in [-0.1, -0.05) is 13.8 Å². The van der Waals surface area contributed by atoms with Gasteiger partial charge in [0.2, 0.25) is 0 Å². The molecule has 0 aromatic carbocycles. The van der Waals surface area contributed by atoms with Crippen molar-refractivity contribution in [1.29, 1.82) is 0 Å². The van der Waals surface area contributed by atoms with Gasteiger partial charge in [-0.3, -0.25) is 4.79 Å². The topological polar surface area (TPSA) is 35.5 Å². The Morgan fingerprint density at radius 1 is 1.24 bits per heavy atom. The van der Waals surface area contributed by atoms with Crippen LogP contribution in [0.3, 0.4) is 0 Å². The normalized spacial score (nSPS) is 44.9. The molecule has 3 aliphatic rings. The van der Waals surface area contributed by atoms with Crippen molar-refractivity contribution in [2.75, 3.05) is 13.2 Å². The summed E-state index contributed by atoms with van der Waals surface area (Å²) in [6, 6.07) is 0. The van der Waals surface area contributed by atoms with E-state index < -0.39 is 0 Å². The minimum atomic E-state index is -0.373. The third-order valence-electron chi connectivity index (χ3n) is 5.44. The van der Waals surface area contributed by atoms with Crippen molar-refractivity contribution in [1.82, 2.24) is 0 Å². The van der Waals surface area contributed by atoms with Gasteiger partial charge in [-0.15, -0.1) is 0 Å². The molecular weight excluding hydrogens is 216 g/mol. The van der Waals surface area contributed by atoms with Gasteiger partial charge in [0.25, 0.3) is 0 Å². The highest BCUT2D eigenvalue weighted by molar-refractivity contribution is 5.85. The Morgan fingerprint density at radius 2 is 1.94 bits per heavy atom. The van der Waals surface area contributed by atoms with Gasteiger partial charge in [0.05, 0.1) is 13.2 Å². The van der Waals surface area contributed by atoms with Crippen LogP contribution in [0.4, 0.5) is 0 Å². The van der Waals surface area contributed by atoms with E-state index >= 15 is 0 Å². The second-order valence-corrected chi connectivity index (χ2v) is 6.14. The first kappa shape index (κ1) is 11.7. The number of carbonyl (C=O) groups is 1. The molecule has 2 saturated carbocycles.